The van der Waals surface area contributed by atoms with Gasteiger partial charge >= 0.3 is 0 Å². The lowest BCUT2D eigenvalue weighted by molar-refractivity contribution is -0.117. The molecule has 0 aromatic heterocycles. The van der Waals surface area contributed by atoms with Gasteiger partial charge in [-0.2, -0.15) is 0 Å². The molecule has 126 valence electrons. The molecule has 0 saturated heterocycles. The van der Waals surface area contributed by atoms with E-state index in [1.165, 1.54) is 31.8 Å². The zero-order chi connectivity index (χ0) is 16.7. The smallest absolute Gasteiger partial charge is 0.244 e. The van der Waals surface area contributed by atoms with Crippen LogP contribution in [0.1, 0.15) is 44.1 Å². The molecule has 0 bridgehead atoms. The van der Waals surface area contributed by atoms with Gasteiger partial charge in [0, 0.05) is 17.8 Å². The molecule has 23 heavy (non-hydrogen) atoms. The lowest BCUT2D eigenvalue weighted by Gasteiger charge is -2.14. The molecule has 2 rings (SSSR count). The standard InChI is InChI=1S/C17H24N2O3S/c1-23(21,22)19-16-11-8-14(9-12-16)10-13-17(20)18-15-6-4-2-3-5-7-15/h8-13,15,19H,2-7H2,1H3,(H,18,20)/b13-10+. The summed E-state index contributed by atoms with van der Waals surface area (Å²) in [6.07, 6.45) is 11.4. The van der Waals surface area contributed by atoms with Crippen LogP contribution in [0, 0.1) is 0 Å². The highest BCUT2D eigenvalue weighted by atomic mass is 32.2. The van der Waals surface area contributed by atoms with E-state index >= 15 is 0 Å². The summed E-state index contributed by atoms with van der Waals surface area (Å²) in [5.41, 5.74) is 1.35. The first kappa shape index (κ1) is 17.5. The van der Waals surface area contributed by atoms with Crippen LogP contribution in [0.5, 0.6) is 0 Å². The molecule has 1 fully saturated rings. The average Bonchev–Trinajstić information content (AvgIpc) is 2.73. The second-order valence-corrected chi connectivity index (χ2v) is 7.78. The highest BCUT2D eigenvalue weighted by molar-refractivity contribution is 7.92. The van der Waals surface area contributed by atoms with Crippen LogP contribution in [-0.2, 0) is 14.8 Å². The van der Waals surface area contributed by atoms with Crippen LogP contribution < -0.4 is 10.0 Å². The predicted octanol–water partition coefficient (Wildman–Crippen LogP) is 2.91. The Labute approximate surface area is 138 Å². The topological polar surface area (TPSA) is 75.3 Å². The second kappa shape index (κ2) is 8.15. The Kier molecular flexibility index (Phi) is 6.21. The Morgan fingerprint density at radius 1 is 1.09 bits per heavy atom. The lowest BCUT2D eigenvalue weighted by Crippen LogP contribution is -2.33. The van der Waals surface area contributed by atoms with Crippen LogP contribution in [0.4, 0.5) is 5.69 Å². The Balaban J connectivity index is 1.87. The van der Waals surface area contributed by atoms with Gasteiger partial charge in [0.05, 0.1) is 6.26 Å². The summed E-state index contributed by atoms with van der Waals surface area (Å²) in [6, 6.07) is 7.16. The Hall–Kier alpha value is -1.82. The van der Waals surface area contributed by atoms with Crippen molar-refractivity contribution in [3.05, 3.63) is 35.9 Å². The van der Waals surface area contributed by atoms with E-state index in [1.807, 2.05) is 0 Å². The van der Waals surface area contributed by atoms with Gasteiger partial charge in [0.25, 0.3) is 0 Å². The monoisotopic (exact) mass is 336 g/mol. The van der Waals surface area contributed by atoms with Crippen molar-refractivity contribution in [3.63, 3.8) is 0 Å². The fourth-order valence-electron chi connectivity index (χ4n) is 2.72. The molecule has 1 saturated carbocycles. The van der Waals surface area contributed by atoms with Gasteiger partial charge in [-0.15, -0.1) is 0 Å². The maximum Gasteiger partial charge on any atom is 0.244 e. The van der Waals surface area contributed by atoms with E-state index in [4.69, 9.17) is 0 Å². The number of hydrogen-bond donors (Lipinski definition) is 2. The number of benzene rings is 1. The molecule has 0 aliphatic heterocycles. The van der Waals surface area contributed by atoms with Crippen molar-refractivity contribution in [1.29, 1.82) is 0 Å². The van der Waals surface area contributed by atoms with Gasteiger partial charge in [0.1, 0.15) is 0 Å². The summed E-state index contributed by atoms with van der Waals surface area (Å²) in [5.74, 6) is -0.0739. The Morgan fingerprint density at radius 3 is 2.26 bits per heavy atom. The number of nitrogens with one attached hydrogen (secondary N) is 2. The van der Waals surface area contributed by atoms with E-state index in [9.17, 15) is 13.2 Å². The molecular weight excluding hydrogens is 312 g/mol. The van der Waals surface area contributed by atoms with Gasteiger partial charge in [-0.1, -0.05) is 37.8 Å². The Morgan fingerprint density at radius 2 is 1.70 bits per heavy atom. The van der Waals surface area contributed by atoms with Crippen molar-refractivity contribution < 1.29 is 13.2 Å². The summed E-state index contributed by atoms with van der Waals surface area (Å²) in [5, 5.41) is 3.05. The second-order valence-electron chi connectivity index (χ2n) is 6.03. The lowest BCUT2D eigenvalue weighted by atomic mass is 10.1. The van der Waals surface area contributed by atoms with E-state index in [1.54, 1.807) is 30.3 Å². The number of rotatable bonds is 5. The number of sulfonamides is 1. The zero-order valence-electron chi connectivity index (χ0n) is 13.4. The molecular formula is C17H24N2O3S. The van der Waals surface area contributed by atoms with Gasteiger partial charge in [-0.3, -0.25) is 9.52 Å². The normalized spacial score (nSPS) is 16.9. The third-order valence-corrected chi connectivity index (χ3v) is 4.45. The SMILES string of the molecule is CS(=O)(=O)Nc1ccc(/C=C/C(=O)NC2CCCCCC2)cc1. The molecule has 0 atom stereocenters. The molecule has 5 nitrogen and oxygen atoms in total. The number of anilines is 1. The number of carbonyl (C=O) groups is 1. The molecule has 0 spiro atoms. The van der Waals surface area contributed by atoms with Gasteiger partial charge in [-0.05, 0) is 36.6 Å². The molecule has 2 N–H and O–H groups in total. The van der Waals surface area contributed by atoms with Crippen LogP contribution in [-0.4, -0.2) is 26.6 Å². The van der Waals surface area contributed by atoms with Gasteiger partial charge in [0.15, 0.2) is 0 Å². The van der Waals surface area contributed by atoms with Crippen LogP contribution in [0.25, 0.3) is 6.08 Å². The highest BCUT2D eigenvalue weighted by Crippen LogP contribution is 2.17. The first-order valence-electron chi connectivity index (χ1n) is 7.99. The van der Waals surface area contributed by atoms with Crippen molar-refractivity contribution >= 4 is 27.7 Å². The van der Waals surface area contributed by atoms with Crippen molar-refractivity contribution in [2.45, 2.75) is 44.6 Å². The molecule has 1 aliphatic rings. The van der Waals surface area contributed by atoms with E-state index in [0.29, 0.717) is 5.69 Å². The third kappa shape index (κ3) is 6.86. The summed E-state index contributed by atoms with van der Waals surface area (Å²) in [7, 11) is -3.27. The van der Waals surface area contributed by atoms with Crippen molar-refractivity contribution in [2.75, 3.05) is 11.0 Å². The molecule has 1 aromatic rings. The maximum atomic E-state index is 12.0. The summed E-state index contributed by atoms with van der Waals surface area (Å²) in [6.45, 7) is 0. The van der Waals surface area contributed by atoms with Gasteiger partial charge < -0.3 is 5.32 Å². The minimum Gasteiger partial charge on any atom is -0.350 e. The van der Waals surface area contributed by atoms with Crippen LogP contribution >= 0.6 is 0 Å². The number of carbonyl (C=O) groups excluding carboxylic acids is 1. The molecule has 6 heteroatoms. The van der Waals surface area contributed by atoms with Crippen molar-refractivity contribution in [2.24, 2.45) is 0 Å². The summed E-state index contributed by atoms with van der Waals surface area (Å²) in [4.78, 5) is 12.0. The fraction of sp³-hybridized carbons (Fsp3) is 0.471. The Bertz CT molecular complexity index is 643. The van der Waals surface area contributed by atoms with Crippen LogP contribution in [0.15, 0.2) is 30.3 Å². The van der Waals surface area contributed by atoms with Crippen LogP contribution in [0.2, 0.25) is 0 Å². The van der Waals surface area contributed by atoms with E-state index in [-0.39, 0.29) is 11.9 Å². The number of amides is 1. The number of hydrogen-bond acceptors (Lipinski definition) is 3. The molecule has 1 aliphatic carbocycles. The molecule has 0 heterocycles. The van der Waals surface area contributed by atoms with Crippen molar-refractivity contribution in [3.8, 4) is 0 Å². The van der Waals surface area contributed by atoms with E-state index in [2.05, 4.69) is 10.0 Å². The van der Waals surface area contributed by atoms with Crippen LogP contribution in [0.3, 0.4) is 0 Å². The molecule has 1 amide bonds. The summed E-state index contributed by atoms with van der Waals surface area (Å²) >= 11 is 0. The summed E-state index contributed by atoms with van der Waals surface area (Å²) < 4.78 is 24.7. The molecule has 0 unspecified atom stereocenters. The van der Waals surface area contributed by atoms with E-state index < -0.39 is 10.0 Å². The third-order valence-electron chi connectivity index (χ3n) is 3.84. The van der Waals surface area contributed by atoms with E-state index in [0.717, 1.165) is 24.7 Å². The fourth-order valence-corrected chi connectivity index (χ4v) is 3.29. The zero-order valence-corrected chi connectivity index (χ0v) is 14.2. The minimum absolute atomic E-state index is 0.0739. The van der Waals surface area contributed by atoms with Crippen molar-refractivity contribution in [1.82, 2.24) is 5.32 Å². The first-order chi connectivity index (χ1) is 10.9. The quantitative estimate of drug-likeness (QED) is 0.641. The van der Waals surface area contributed by atoms with Gasteiger partial charge in [0.2, 0.25) is 15.9 Å². The predicted molar refractivity (Wildman–Crippen MR) is 93.6 cm³/mol. The molecule has 0 radical (unpaired) electrons. The molecule has 1 aromatic carbocycles. The highest BCUT2D eigenvalue weighted by Gasteiger charge is 2.13. The minimum atomic E-state index is -3.27. The first-order valence-corrected chi connectivity index (χ1v) is 9.88. The van der Waals surface area contributed by atoms with Gasteiger partial charge in [-0.25, -0.2) is 8.42 Å². The average molecular weight is 336 g/mol. The largest absolute Gasteiger partial charge is 0.350 e. The maximum absolute atomic E-state index is 12.0.